The number of benzene rings is 2. The van der Waals surface area contributed by atoms with Crippen molar-refractivity contribution in [3.05, 3.63) is 95.4 Å². The molecule has 1 heterocycles. The number of rotatable bonds is 9. The fourth-order valence-electron chi connectivity index (χ4n) is 4.15. The molecule has 1 unspecified atom stereocenters. The molecule has 1 amide bonds. The quantitative estimate of drug-likeness (QED) is 0.429. The Hall–Kier alpha value is -3.11. The van der Waals surface area contributed by atoms with E-state index in [1.54, 1.807) is 36.4 Å². The van der Waals surface area contributed by atoms with E-state index in [0.29, 0.717) is 5.76 Å². The summed E-state index contributed by atoms with van der Waals surface area (Å²) in [7, 11) is 0. The SMILES string of the molecule is O=C(NCc1ccco1)[C@@]1(OCc2ccccc2F)CC(OCc2ccccc2F)[C@H](O)[C@H](O)C1. The molecule has 0 saturated heterocycles. The average Bonchev–Trinajstić information content (AvgIpc) is 3.38. The number of hydrogen-bond acceptors (Lipinski definition) is 6. The van der Waals surface area contributed by atoms with E-state index in [9.17, 15) is 23.8 Å². The Morgan fingerprint density at radius 3 is 2.26 bits per heavy atom. The van der Waals surface area contributed by atoms with Crippen LogP contribution in [0.1, 0.15) is 29.7 Å². The summed E-state index contributed by atoms with van der Waals surface area (Å²) in [5.74, 6) is -1.04. The summed E-state index contributed by atoms with van der Waals surface area (Å²) in [6.07, 6.45) is -2.66. The van der Waals surface area contributed by atoms with Crippen molar-refractivity contribution in [1.29, 1.82) is 0 Å². The van der Waals surface area contributed by atoms with Crippen LogP contribution in [-0.4, -0.2) is 40.0 Å². The lowest BCUT2D eigenvalue weighted by molar-refractivity contribution is -0.200. The molecule has 1 aromatic heterocycles. The van der Waals surface area contributed by atoms with Gasteiger partial charge < -0.3 is 29.4 Å². The molecule has 3 aromatic rings. The normalized spacial score (nSPS) is 24.3. The van der Waals surface area contributed by atoms with Crippen molar-refractivity contribution in [2.24, 2.45) is 0 Å². The highest BCUT2D eigenvalue weighted by Crippen LogP contribution is 2.36. The largest absolute Gasteiger partial charge is 0.467 e. The Morgan fingerprint density at radius 1 is 0.971 bits per heavy atom. The van der Waals surface area contributed by atoms with Gasteiger partial charge in [0.05, 0.1) is 38.2 Å². The van der Waals surface area contributed by atoms with Crippen LogP contribution in [0, 0.1) is 11.6 Å². The highest BCUT2D eigenvalue weighted by atomic mass is 19.1. The third kappa shape index (κ3) is 5.94. The Labute approximate surface area is 201 Å². The monoisotopic (exact) mass is 487 g/mol. The molecule has 0 aliphatic heterocycles. The zero-order chi connectivity index (χ0) is 24.8. The first-order valence-corrected chi connectivity index (χ1v) is 11.3. The number of nitrogens with one attached hydrogen (secondary N) is 1. The highest BCUT2D eigenvalue weighted by Gasteiger charge is 2.51. The molecule has 1 saturated carbocycles. The van der Waals surface area contributed by atoms with E-state index in [1.165, 1.54) is 30.5 Å². The minimum Gasteiger partial charge on any atom is -0.467 e. The summed E-state index contributed by atoms with van der Waals surface area (Å²) >= 11 is 0. The average molecular weight is 487 g/mol. The Kier molecular flexibility index (Phi) is 7.92. The van der Waals surface area contributed by atoms with E-state index in [1.807, 2.05) is 0 Å². The van der Waals surface area contributed by atoms with Gasteiger partial charge in [0.2, 0.25) is 0 Å². The van der Waals surface area contributed by atoms with Crippen molar-refractivity contribution in [2.75, 3.05) is 0 Å². The lowest BCUT2D eigenvalue weighted by atomic mass is 9.78. The van der Waals surface area contributed by atoms with Crippen molar-refractivity contribution < 1.29 is 37.7 Å². The lowest BCUT2D eigenvalue weighted by Gasteiger charge is -2.43. The van der Waals surface area contributed by atoms with Crippen molar-refractivity contribution >= 4 is 5.91 Å². The number of furan rings is 1. The van der Waals surface area contributed by atoms with Gasteiger partial charge in [-0.3, -0.25) is 4.79 Å². The van der Waals surface area contributed by atoms with E-state index in [-0.39, 0.29) is 43.7 Å². The summed E-state index contributed by atoms with van der Waals surface area (Å²) in [5.41, 5.74) is -1.15. The Morgan fingerprint density at radius 2 is 1.63 bits per heavy atom. The number of amides is 1. The van der Waals surface area contributed by atoms with E-state index in [0.717, 1.165) is 0 Å². The molecule has 0 spiro atoms. The Balaban J connectivity index is 1.55. The molecule has 2 aromatic carbocycles. The molecular weight excluding hydrogens is 460 g/mol. The highest BCUT2D eigenvalue weighted by molar-refractivity contribution is 5.85. The van der Waals surface area contributed by atoms with E-state index >= 15 is 0 Å². The zero-order valence-electron chi connectivity index (χ0n) is 18.9. The first-order chi connectivity index (χ1) is 16.9. The molecule has 3 N–H and O–H groups in total. The van der Waals surface area contributed by atoms with Gasteiger partial charge in [-0.05, 0) is 24.3 Å². The van der Waals surface area contributed by atoms with Gasteiger partial charge in [0, 0.05) is 24.0 Å². The van der Waals surface area contributed by atoms with Crippen LogP contribution in [0.5, 0.6) is 0 Å². The van der Waals surface area contributed by atoms with Crippen molar-refractivity contribution in [1.82, 2.24) is 5.32 Å². The number of carbonyl (C=O) groups excluding carboxylic acids is 1. The molecule has 1 aliphatic carbocycles. The molecule has 4 atom stereocenters. The van der Waals surface area contributed by atoms with Gasteiger partial charge in [-0.25, -0.2) is 8.78 Å². The second-order valence-corrected chi connectivity index (χ2v) is 8.54. The van der Waals surface area contributed by atoms with Crippen molar-refractivity contribution in [2.45, 2.75) is 56.5 Å². The summed E-state index contributed by atoms with van der Waals surface area (Å²) in [6.45, 7) is -0.363. The number of aliphatic hydroxyl groups excluding tert-OH is 2. The number of aliphatic hydroxyl groups is 2. The van der Waals surface area contributed by atoms with Gasteiger partial charge in [-0.15, -0.1) is 0 Å². The molecule has 7 nitrogen and oxygen atoms in total. The molecule has 0 bridgehead atoms. The number of hydrogen-bond donors (Lipinski definition) is 3. The molecular formula is C26H27F2NO6. The summed E-state index contributed by atoms with van der Waals surface area (Å²) < 4.78 is 45.3. The standard InChI is InChI=1S/C26H27F2NO6/c27-20-9-3-1-6-17(20)15-34-23-13-26(12-22(30)24(23)31,25(32)29-14-19-8-5-11-33-19)35-16-18-7-2-4-10-21(18)28/h1-11,22-24,30-31H,12-16H2,(H,29,32)/t22-,23?,24-,26+/m1/s1. The third-order valence-electron chi connectivity index (χ3n) is 6.13. The predicted octanol–water partition coefficient (Wildman–Crippen LogP) is 3.23. The molecule has 9 heteroatoms. The van der Waals surface area contributed by atoms with Crippen LogP contribution in [0.25, 0.3) is 0 Å². The van der Waals surface area contributed by atoms with Gasteiger partial charge in [0.1, 0.15) is 23.5 Å². The van der Waals surface area contributed by atoms with Gasteiger partial charge in [0.25, 0.3) is 5.91 Å². The fraction of sp³-hybridized carbons (Fsp3) is 0.346. The number of ether oxygens (including phenoxy) is 2. The molecule has 35 heavy (non-hydrogen) atoms. The van der Waals surface area contributed by atoms with Crippen LogP contribution in [-0.2, 0) is 34.0 Å². The predicted molar refractivity (Wildman–Crippen MR) is 121 cm³/mol. The minimum absolute atomic E-state index is 0.0655. The summed E-state index contributed by atoms with van der Waals surface area (Å²) in [6, 6.07) is 15.4. The van der Waals surface area contributed by atoms with Gasteiger partial charge in [-0.2, -0.15) is 0 Å². The van der Waals surface area contributed by atoms with Gasteiger partial charge in [0.15, 0.2) is 5.60 Å². The molecule has 1 aliphatic rings. The maximum absolute atomic E-state index is 14.2. The van der Waals surface area contributed by atoms with Crippen LogP contribution < -0.4 is 5.32 Å². The molecule has 0 radical (unpaired) electrons. The van der Waals surface area contributed by atoms with Gasteiger partial charge in [-0.1, -0.05) is 36.4 Å². The second kappa shape index (κ2) is 11.1. The van der Waals surface area contributed by atoms with Crippen LogP contribution in [0.2, 0.25) is 0 Å². The maximum Gasteiger partial charge on any atom is 0.252 e. The molecule has 4 rings (SSSR count). The third-order valence-corrected chi connectivity index (χ3v) is 6.13. The summed E-state index contributed by atoms with van der Waals surface area (Å²) in [5, 5.41) is 23.9. The molecule has 1 fully saturated rings. The van der Waals surface area contributed by atoms with Crippen LogP contribution in [0.15, 0.2) is 71.3 Å². The smallest absolute Gasteiger partial charge is 0.252 e. The first-order valence-electron chi connectivity index (χ1n) is 11.3. The Bertz CT molecular complexity index is 1120. The minimum atomic E-state index is -1.65. The van der Waals surface area contributed by atoms with Gasteiger partial charge >= 0.3 is 0 Å². The first kappa shape index (κ1) is 25.0. The van der Waals surface area contributed by atoms with E-state index in [4.69, 9.17) is 13.9 Å². The maximum atomic E-state index is 14.2. The van der Waals surface area contributed by atoms with Crippen LogP contribution in [0.4, 0.5) is 8.78 Å². The number of halogens is 2. The second-order valence-electron chi connectivity index (χ2n) is 8.54. The fourth-order valence-corrected chi connectivity index (χ4v) is 4.15. The van der Waals surface area contributed by atoms with Crippen molar-refractivity contribution in [3.8, 4) is 0 Å². The number of carbonyl (C=O) groups is 1. The zero-order valence-corrected chi connectivity index (χ0v) is 18.9. The van der Waals surface area contributed by atoms with Crippen LogP contribution >= 0.6 is 0 Å². The molecule has 186 valence electrons. The van der Waals surface area contributed by atoms with E-state index in [2.05, 4.69) is 5.32 Å². The lowest BCUT2D eigenvalue weighted by Crippen LogP contribution is -2.60. The van der Waals surface area contributed by atoms with Crippen LogP contribution in [0.3, 0.4) is 0 Å². The van der Waals surface area contributed by atoms with Crippen molar-refractivity contribution in [3.63, 3.8) is 0 Å². The summed E-state index contributed by atoms with van der Waals surface area (Å²) in [4.78, 5) is 13.4. The van der Waals surface area contributed by atoms with E-state index < -0.39 is 41.5 Å². The topological polar surface area (TPSA) is 101 Å².